The van der Waals surface area contributed by atoms with Crippen molar-refractivity contribution in [1.29, 1.82) is 0 Å². The van der Waals surface area contributed by atoms with E-state index in [4.69, 9.17) is 9.47 Å². The molecule has 0 amide bonds. The van der Waals surface area contributed by atoms with Gasteiger partial charge in [0.25, 0.3) is 0 Å². The van der Waals surface area contributed by atoms with Gasteiger partial charge >= 0.3 is 5.97 Å². The second kappa shape index (κ2) is 11.8. The number of carbonyl (C=O) groups is 1. The van der Waals surface area contributed by atoms with Gasteiger partial charge in [0.1, 0.15) is 17.7 Å². The van der Waals surface area contributed by atoms with Crippen LogP contribution >= 0.6 is 0 Å². The summed E-state index contributed by atoms with van der Waals surface area (Å²) < 4.78 is 27.4. The maximum absolute atomic E-state index is 15.3. The Morgan fingerprint density at radius 1 is 1.09 bits per heavy atom. The van der Waals surface area contributed by atoms with Crippen molar-refractivity contribution in [3.8, 4) is 22.8 Å². The summed E-state index contributed by atoms with van der Waals surface area (Å²) in [5.41, 5.74) is 6.11. The Kier molecular flexibility index (Phi) is 7.86. The molecule has 2 aliphatic heterocycles. The molecule has 4 aliphatic rings. The topological polar surface area (TPSA) is 71.9 Å². The Balaban J connectivity index is 1.22. The molecule has 232 valence electrons. The highest BCUT2D eigenvalue weighted by Crippen LogP contribution is 2.49. The zero-order chi connectivity index (χ0) is 30.4. The normalized spacial score (nSPS) is 22.4. The highest BCUT2D eigenvalue weighted by Gasteiger charge is 2.44. The summed E-state index contributed by atoms with van der Waals surface area (Å²) in [6.07, 6.45) is 12.5. The lowest BCUT2D eigenvalue weighted by Crippen LogP contribution is -2.55. The standard InChI is InChI=1S/C37H43FN2O4/c1-23(36(41)42)35(25-7-8-25)27-9-6-24-11-13-32(44-33(24)19-27)26-10-12-29(30-20-34(43-2)39-21-31(30)38)28(18-26)22-40-17-4-3-14-37(40)15-5-16-37/h6,9-10,12,18-21,23,25,32,35H,3-5,7-8,11,13-17,22H2,1-2H3,(H,41,42)/t23-,32-,35?/m0/s1. The molecule has 1 unspecified atom stereocenters. The van der Waals surface area contributed by atoms with Gasteiger partial charge in [-0.05, 0) is 110 Å². The summed E-state index contributed by atoms with van der Waals surface area (Å²) in [5.74, 6) is 0.158. The molecule has 1 saturated heterocycles. The summed E-state index contributed by atoms with van der Waals surface area (Å²) in [5, 5.41) is 9.80. The van der Waals surface area contributed by atoms with Crippen LogP contribution in [-0.4, -0.2) is 40.2 Å². The molecular formula is C37H43FN2O4. The second-order valence-electron chi connectivity index (χ2n) is 13.6. The fourth-order valence-corrected chi connectivity index (χ4v) is 8.11. The number of rotatable bonds is 9. The van der Waals surface area contributed by atoms with Crippen molar-refractivity contribution < 1.29 is 23.8 Å². The van der Waals surface area contributed by atoms with E-state index in [-0.39, 0.29) is 23.4 Å². The zero-order valence-corrected chi connectivity index (χ0v) is 25.9. The molecule has 3 heterocycles. The van der Waals surface area contributed by atoms with Gasteiger partial charge in [-0.2, -0.15) is 0 Å². The summed E-state index contributed by atoms with van der Waals surface area (Å²) in [4.78, 5) is 18.7. The molecule has 3 aromatic rings. The van der Waals surface area contributed by atoms with Gasteiger partial charge in [-0.1, -0.05) is 43.7 Å². The van der Waals surface area contributed by atoms with Crippen molar-refractivity contribution >= 4 is 5.97 Å². The maximum atomic E-state index is 15.3. The minimum Gasteiger partial charge on any atom is -0.485 e. The van der Waals surface area contributed by atoms with Crippen molar-refractivity contribution in [2.45, 2.75) is 95.2 Å². The van der Waals surface area contributed by atoms with Gasteiger partial charge in [0, 0.05) is 23.7 Å². The van der Waals surface area contributed by atoms with Crippen LogP contribution in [0.1, 0.15) is 99.0 Å². The molecule has 2 saturated carbocycles. The van der Waals surface area contributed by atoms with Crippen LogP contribution in [0.5, 0.6) is 11.6 Å². The van der Waals surface area contributed by atoms with Gasteiger partial charge in [0.05, 0.1) is 19.2 Å². The minimum atomic E-state index is -0.744. The number of aliphatic carboxylic acids is 1. The van der Waals surface area contributed by atoms with E-state index in [9.17, 15) is 9.90 Å². The van der Waals surface area contributed by atoms with Gasteiger partial charge in [0.15, 0.2) is 0 Å². The molecule has 0 radical (unpaired) electrons. The summed E-state index contributed by atoms with van der Waals surface area (Å²) >= 11 is 0. The third kappa shape index (κ3) is 5.48. The maximum Gasteiger partial charge on any atom is 0.306 e. The Bertz CT molecular complexity index is 1550. The molecular weight excluding hydrogens is 555 g/mol. The predicted octanol–water partition coefficient (Wildman–Crippen LogP) is 8.09. The summed E-state index contributed by atoms with van der Waals surface area (Å²) in [7, 11) is 1.56. The number of fused-ring (bicyclic) bond motifs is 1. The van der Waals surface area contributed by atoms with Crippen molar-refractivity contribution in [2.24, 2.45) is 11.8 Å². The number of halogens is 1. The lowest BCUT2D eigenvalue weighted by molar-refractivity contribution is -0.142. The van der Waals surface area contributed by atoms with Crippen molar-refractivity contribution in [2.75, 3.05) is 13.7 Å². The van der Waals surface area contributed by atoms with E-state index in [0.29, 0.717) is 17.4 Å². The predicted molar refractivity (Wildman–Crippen MR) is 167 cm³/mol. The molecule has 3 atom stereocenters. The van der Waals surface area contributed by atoms with Gasteiger partial charge in [-0.15, -0.1) is 0 Å². The number of benzene rings is 2. The van der Waals surface area contributed by atoms with Crippen LogP contribution in [0.4, 0.5) is 4.39 Å². The molecule has 3 fully saturated rings. The van der Waals surface area contributed by atoms with Gasteiger partial charge in [-0.3, -0.25) is 9.69 Å². The lowest BCUT2D eigenvalue weighted by atomic mass is 9.70. The first-order chi connectivity index (χ1) is 21.3. The third-order valence-corrected chi connectivity index (χ3v) is 10.9. The van der Waals surface area contributed by atoms with E-state index in [0.717, 1.165) is 66.8 Å². The van der Waals surface area contributed by atoms with Gasteiger partial charge < -0.3 is 14.6 Å². The number of nitrogens with zero attached hydrogens (tertiary/aromatic N) is 2. The number of carboxylic acids is 1. The highest BCUT2D eigenvalue weighted by molar-refractivity contribution is 5.71. The number of carboxylic acid groups (broad SMARTS) is 1. The van der Waals surface area contributed by atoms with E-state index in [1.165, 1.54) is 50.3 Å². The van der Waals surface area contributed by atoms with Crippen LogP contribution in [0.15, 0.2) is 48.7 Å². The molecule has 7 rings (SSSR count). The van der Waals surface area contributed by atoms with Crippen LogP contribution < -0.4 is 9.47 Å². The number of piperidine rings is 1. The molecule has 1 N–H and O–H groups in total. The van der Waals surface area contributed by atoms with Crippen molar-refractivity contribution in [3.63, 3.8) is 0 Å². The third-order valence-electron chi connectivity index (χ3n) is 10.9. The van der Waals surface area contributed by atoms with E-state index in [1.807, 2.05) is 13.0 Å². The molecule has 44 heavy (non-hydrogen) atoms. The average molecular weight is 599 g/mol. The average Bonchev–Trinajstić information content (AvgIpc) is 3.86. The molecule has 7 heteroatoms. The first-order valence-electron chi connectivity index (χ1n) is 16.5. The highest BCUT2D eigenvalue weighted by atomic mass is 19.1. The van der Waals surface area contributed by atoms with Crippen LogP contribution in [0.2, 0.25) is 0 Å². The minimum absolute atomic E-state index is 0.00304. The van der Waals surface area contributed by atoms with Crippen LogP contribution in [0, 0.1) is 17.7 Å². The smallest absolute Gasteiger partial charge is 0.306 e. The first-order valence-corrected chi connectivity index (χ1v) is 16.5. The van der Waals surface area contributed by atoms with Crippen LogP contribution in [-0.2, 0) is 17.8 Å². The Labute approximate surface area is 259 Å². The second-order valence-corrected chi connectivity index (χ2v) is 13.6. The van der Waals surface area contributed by atoms with Gasteiger partial charge in [0.2, 0.25) is 5.88 Å². The zero-order valence-electron chi connectivity index (χ0n) is 25.9. The van der Waals surface area contributed by atoms with E-state index in [1.54, 1.807) is 13.2 Å². The number of ether oxygens (including phenoxy) is 2. The van der Waals surface area contributed by atoms with E-state index >= 15 is 4.39 Å². The molecule has 0 bridgehead atoms. The number of methoxy groups -OCH3 is 1. The van der Waals surface area contributed by atoms with Crippen LogP contribution in [0.25, 0.3) is 11.1 Å². The number of hydrogen-bond acceptors (Lipinski definition) is 5. The summed E-state index contributed by atoms with van der Waals surface area (Å²) in [6.45, 7) is 3.67. The van der Waals surface area contributed by atoms with E-state index in [2.05, 4.69) is 40.2 Å². The molecule has 2 aromatic carbocycles. The molecule has 6 nitrogen and oxygen atoms in total. The largest absolute Gasteiger partial charge is 0.485 e. The lowest BCUT2D eigenvalue weighted by Gasteiger charge is -2.53. The number of aryl methyl sites for hydroxylation is 1. The summed E-state index contributed by atoms with van der Waals surface area (Å²) in [6, 6.07) is 14.4. The Morgan fingerprint density at radius 2 is 1.91 bits per heavy atom. The number of pyridine rings is 1. The quantitative estimate of drug-likeness (QED) is 0.268. The molecule has 1 aromatic heterocycles. The van der Waals surface area contributed by atoms with Crippen molar-refractivity contribution in [1.82, 2.24) is 9.88 Å². The van der Waals surface area contributed by atoms with Crippen molar-refractivity contribution in [3.05, 3.63) is 76.7 Å². The first kappa shape index (κ1) is 29.3. The number of likely N-dealkylation sites (tertiary alicyclic amines) is 1. The SMILES string of the molecule is COc1cc(-c2ccc([C@@H]3CCc4ccc(C(C5CC5)[C@H](C)C(=O)O)cc4O3)cc2CN2CCCCC23CCC3)c(F)cn1. The molecule has 2 aliphatic carbocycles. The fourth-order valence-electron chi connectivity index (χ4n) is 8.11. The fraction of sp³-hybridized carbons (Fsp3) is 0.514. The van der Waals surface area contributed by atoms with Crippen LogP contribution in [0.3, 0.4) is 0 Å². The Morgan fingerprint density at radius 3 is 2.64 bits per heavy atom. The van der Waals surface area contributed by atoms with E-state index < -0.39 is 11.9 Å². The number of aromatic nitrogens is 1. The Hall–Kier alpha value is -3.45. The number of hydrogen-bond donors (Lipinski definition) is 1. The molecule has 1 spiro atoms. The van der Waals surface area contributed by atoms with Gasteiger partial charge in [-0.25, -0.2) is 9.37 Å². The monoisotopic (exact) mass is 598 g/mol.